The first-order valence-electron chi connectivity index (χ1n) is 6.05. The second kappa shape index (κ2) is 4.36. The van der Waals surface area contributed by atoms with E-state index in [1.54, 1.807) is 0 Å². The number of hydrogen-bond donors (Lipinski definition) is 0. The highest BCUT2D eigenvalue weighted by Gasteiger charge is 2.48. The maximum absolute atomic E-state index is 5.87. The summed E-state index contributed by atoms with van der Waals surface area (Å²) in [6, 6.07) is 0. The van der Waals surface area contributed by atoms with Crippen molar-refractivity contribution in [3.05, 3.63) is 12.2 Å². The lowest BCUT2D eigenvalue weighted by molar-refractivity contribution is -0.271. The van der Waals surface area contributed by atoms with E-state index < -0.39 is 17.7 Å². The van der Waals surface area contributed by atoms with Gasteiger partial charge in [0.2, 0.25) is 0 Å². The van der Waals surface area contributed by atoms with E-state index in [1.165, 1.54) is 0 Å². The Morgan fingerprint density at radius 1 is 1.17 bits per heavy atom. The van der Waals surface area contributed by atoms with Crippen molar-refractivity contribution >= 4 is 0 Å². The van der Waals surface area contributed by atoms with E-state index in [0.717, 1.165) is 5.57 Å². The van der Waals surface area contributed by atoms with E-state index in [0.29, 0.717) is 6.61 Å². The molecule has 4 nitrogen and oxygen atoms in total. The van der Waals surface area contributed by atoms with Crippen LogP contribution in [0.25, 0.3) is 0 Å². The van der Waals surface area contributed by atoms with Crippen molar-refractivity contribution < 1.29 is 18.9 Å². The monoisotopic (exact) mass is 252 g/mol. The van der Waals surface area contributed by atoms with Gasteiger partial charge in [0, 0.05) is 0 Å². The third-order valence-electron chi connectivity index (χ3n) is 3.01. The number of hydrogen-bond acceptors (Lipinski definition) is 4. The van der Waals surface area contributed by atoms with Crippen LogP contribution < -0.4 is 0 Å². The van der Waals surface area contributed by atoms with Crippen molar-refractivity contribution in [3.63, 3.8) is 0 Å². The van der Waals surface area contributed by atoms with Crippen LogP contribution in [0.1, 0.15) is 27.7 Å². The molecule has 0 radical (unpaired) electrons. The summed E-state index contributed by atoms with van der Waals surface area (Å²) in [6.45, 7) is 11.8. The van der Waals surface area contributed by atoms with E-state index in [-0.39, 0.29) is 12.2 Å². The van der Waals surface area contributed by atoms with Crippen molar-refractivity contribution in [2.45, 2.75) is 57.6 Å². The average Bonchev–Trinajstić information content (AvgIpc) is 2.57. The van der Waals surface area contributed by atoms with Crippen molar-refractivity contribution in [2.75, 3.05) is 6.61 Å². The van der Waals surface area contributed by atoms with Gasteiger partial charge in [0.05, 0.1) is 6.61 Å². The smallest absolute Gasteiger partial charge is 0.165 e. The van der Waals surface area contributed by atoms with Crippen LogP contribution in [-0.2, 0) is 18.9 Å². The Hall–Kier alpha value is -0.860. The van der Waals surface area contributed by atoms with Crippen LogP contribution in [0.5, 0.6) is 0 Å². The summed E-state index contributed by atoms with van der Waals surface area (Å²) in [5.74, 6) is 1.24. The summed E-state index contributed by atoms with van der Waals surface area (Å²) in [7, 11) is 0. The first kappa shape index (κ1) is 13.6. The minimum absolute atomic E-state index is 0.309. The molecule has 3 atom stereocenters. The van der Waals surface area contributed by atoms with E-state index >= 15 is 0 Å². The zero-order valence-electron chi connectivity index (χ0n) is 11.4. The Morgan fingerprint density at radius 3 is 2.44 bits per heavy atom. The molecule has 0 aromatic carbocycles. The van der Waals surface area contributed by atoms with Gasteiger partial charge in [0.1, 0.15) is 18.3 Å². The largest absolute Gasteiger partial charge is 0.346 e. The Bertz CT molecular complexity index is 391. The Balaban J connectivity index is 2.19. The van der Waals surface area contributed by atoms with Crippen LogP contribution in [0, 0.1) is 12.3 Å². The normalized spacial score (nSPS) is 38.4. The first-order valence-corrected chi connectivity index (χ1v) is 6.05. The number of ether oxygens (including phenoxy) is 4. The molecular formula is C14H20O4. The fourth-order valence-electron chi connectivity index (χ4n) is 2.21. The highest BCUT2D eigenvalue weighted by Crippen LogP contribution is 2.36. The third-order valence-corrected chi connectivity index (χ3v) is 3.01. The zero-order valence-corrected chi connectivity index (χ0v) is 11.4. The minimum atomic E-state index is -0.701. The average molecular weight is 252 g/mol. The predicted octanol–water partition coefficient (Wildman–Crippen LogP) is 1.85. The standard InChI is InChI=1S/C14H20O4/c1-7-10-12(18-14(5,6)16-10)11-9(2)8-15-13(3,4)17-11/h1,10-12H,2,8H2,3-6H3/t10-,11+,12+/m0/s1. The maximum Gasteiger partial charge on any atom is 0.165 e. The molecular weight excluding hydrogens is 232 g/mol. The van der Waals surface area contributed by atoms with Gasteiger partial charge in [-0.25, -0.2) is 0 Å². The molecule has 0 amide bonds. The third kappa shape index (κ3) is 2.60. The molecule has 2 heterocycles. The molecule has 100 valence electrons. The lowest BCUT2D eigenvalue weighted by Crippen LogP contribution is -2.49. The van der Waals surface area contributed by atoms with Gasteiger partial charge < -0.3 is 18.9 Å². The van der Waals surface area contributed by atoms with Gasteiger partial charge in [-0.2, -0.15) is 0 Å². The Labute approximate surface area is 108 Å². The van der Waals surface area contributed by atoms with Gasteiger partial charge in [-0.3, -0.25) is 0 Å². The molecule has 0 bridgehead atoms. The van der Waals surface area contributed by atoms with Crippen LogP contribution in [0.2, 0.25) is 0 Å². The molecule has 2 fully saturated rings. The van der Waals surface area contributed by atoms with E-state index in [1.807, 2.05) is 27.7 Å². The summed E-state index contributed by atoms with van der Waals surface area (Å²) in [6.07, 6.45) is 4.40. The molecule has 0 N–H and O–H groups in total. The maximum atomic E-state index is 5.87. The second-order valence-electron chi connectivity index (χ2n) is 5.57. The zero-order chi connectivity index (χ0) is 13.6. The number of rotatable bonds is 1. The molecule has 0 saturated carbocycles. The molecule has 0 unspecified atom stereocenters. The molecule has 2 saturated heterocycles. The molecule has 0 aromatic heterocycles. The topological polar surface area (TPSA) is 36.9 Å². The van der Waals surface area contributed by atoms with Crippen molar-refractivity contribution in [1.29, 1.82) is 0 Å². The fraction of sp³-hybridized carbons (Fsp3) is 0.714. The van der Waals surface area contributed by atoms with Crippen molar-refractivity contribution in [3.8, 4) is 12.3 Å². The molecule has 0 aromatic rings. The van der Waals surface area contributed by atoms with Crippen LogP contribution in [0.15, 0.2) is 12.2 Å². The van der Waals surface area contributed by atoms with Gasteiger partial charge in [0.25, 0.3) is 0 Å². The molecule has 4 heteroatoms. The van der Waals surface area contributed by atoms with E-state index in [4.69, 9.17) is 25.4 Å². The van der Waals surface area contributed by atoms with E-state index in [9.17, 15) is 0 Å². The first-order chi connectivity index (χ1) is 8.24. The lowest BCUT2D eigenvalue weighted by atomic mass is 10.0. The van der Waals surface area contributed by atoms with Gasteiger partial charge in [-0.1, -0.05) is 12.5 Å². The van der Waals surface area contributed by atoms with Gasteiger partial charge in [0.15, 0.2) is 11.6 Å². The summed E-state index contributed by atoms with van der Waals surface area (Å²) >= 11 is 0. The molecule has 2 rings (SSSR count). The van der Waals surface area contributed by atoms with Gasteiger partial charge in [-0.15, -0.1) is 6.42 Å². The van der Waals surface area contributed by atoms with Gasteiger partial charge >= 0.3 is 0 Å². The van der Waals surface area contributed by atoms with Crippen LogP contribution in [0.3, 0.4) is 0 Å². The summed E-state index contributed by atoms with van der Waals surface area (Å²) in [4.78, 5) is 0. The van der Waals surface area contributed by atoms with E-state index in [2.05, 4.69) is 12.5 Å². The summed E-state index contributed by atoms with van der Waals surface area (Å²) < 4.78 is 22.9. The quantitative estimate of drug-likeness (QED) is 0.527. The highest BCUT2D eigenvalue weighted by atomic mass is 16.8. The highest BCUT2D eigenvalue weighted by molar-refractivity contribution is 5.16. The van der Waals surface area contributed by atoms with Crippen LogP contribution in [-0.4, -0.2) is 36.5 Å². The lowest BCUT2D eigenvalue weighted by Gasteiger charge is -2.39. The van der Waals surface area contributed by atoms with Crippen LogP contribution >= 0.6 is 0 Å². The minimum Gasteiger partial charge on any atom is -0.346 e. The Kier molecular flexibility index (Phi) is 3.28. The molecule has 2 aliphatic rings. The molecule has 2 aliphatic heterocycles. The molecule has 18 heavy (non-hydrogen) atoms. The van der Waals surface area contributed by atoms with Crippen molar-refractivity contribution in [2.24, 2.45) is 0 Å². The van der Waals surface area contributed by atoms with Gasteiger partial charge in [-0.05, 0) is 33.3 Å². The number of terminal acetylenes is 1. The second-order valence-corrected chi connectivity index (χ2v) is 5.57. The fourth-order valence-corrected chi connectivity index (χ4v) is 2.21. The SMILES string of the molecule is C#C[C@@H]1OC(C)(C)O[C@H]1[C@@H]1OC(C)(C)OCC1=C. The summed E-state index contributed by atoms with van der Waals surface area (Å²) in [5, 5.41) is 0. The van der Waals surface area contributed by atoms with Crippen molar-refractivity contribution in [1.82, 2.24) is 0 Å². The predicted molar refractivity (Wildman–Crippen MR) is 66.7 cm³/mol. The molecule has 0 spiro atoms. The van der Waals surface area contributed by atoms with Crippen LogP contribution in [0.4, 0.5) is 0 Å². The summed E-state index contributed by atoms with van der Waals surface area (Å²) in [5.41, 5.74) is 0.820. The molecule has 0 aliphatic carbocycles. The Morgan fingerprint density at radius 2 is 1.83 bits per heavy atom.